The summed E-state index contributed by atoms with van der Waals surface area (Å²) < 4.78 is 11.8. The van der Waals surface area contributed by atoms with E-state index in [-0.39, 0.29) is 0 Å². The molecule has 2 nitrogen and oxygen atoms in total. The predicted octanol–water partition coefficient (Wildman–Crippen LogP) is 5.50. The van der Waals surface area contributed by atoms with Crippen molar-refractivity contribution < 1.29 is 9.47 Å². The molecule has 0 atom stereocenters. The molecule has 0 heterocycles. The lowest BCUT2D eigenvalue weighted by Gasteiger charge is -2.13. The lowest BCUT2D eigenvalue weighted by molar-refractivity contribution is 0.256. The van der Waals surface area contributed by atoms with Crippen LogP contribution in [0.5, 0.6) is 11.5 Å². The number of benzene rings is 3. The maximum atomic E-state index is 5.89. The van der Waals surface area contributed by atoms with E-state index in [2.05, 4.69) is 0 Å². The summed E-state index contributed by atoms with van der Waals surface area (Å²) in [6.45, 7) is 0.991. The minimum atomic E-state index is 0.475. The first-order chi connectivity index (χ1) is 11.3. The Labute approximate surface area is 141 Å². The monoisotopic (exact) mass is 324 g/mol. The van der Waals surface area contributed by atoms with Gasteiger partial charge in [0.1, 0.15) is 13.2 Å². The van der Waals surface area contributed by atoms with E-state index in [0.717, 1.165) is 27.6 Å². The van der Waals surface area contributed by atoms with Crippen molar-refractivity contribution in [2.75, 3.05) is 0 Å². The molecule has 0 aliphatic rings. The van der Waals surface area contributed by atoms with Gasteiger partial charge in [-0.05, 0) is 35.4 Å². The van der Waals surface area contributed by atoms with Crippen molar-refractivity contribution in [1.29, 1.82) is 0 Å². The molecule has 0 unspecified atom stereocenters. The van der Waals surface area contributed by atoms with Crippen molar-refractivity contribution in [3.63, 3.8) is 0 Å². The third-order valence-electron chi connectivity index (χ3n) is 3.39. The smallest absolute Gasteiger partial charge is 0.161 e. The molecule has 0 bridgehead atoms. The highest BCUT2D eigenvalue weighted by Gasteiger charge is 2.05. The van der Waals surface area contributed by atoms with Crippen LogP contribution in [-0.4, -0.2) is 0 Å². The molecule has 0 amide bonds. The average molecular weight is 325 g/mol. The molecular weight excluding hydrogens is 308 g/mol. The van der Waals surface area contributed by atoms with E-state index < -0.39 is 0 Å². The van der Waals surface area contributed by atoms with Crippen molar-refractivity contribution in [3.05, 3.63) is 95.0 Å². The summed E-state index contributed by atoms with van der Waals surface area (Å²) in [7, 11) is 0. The molecule has 0 saturated carbocycles. The van der Waals surface area contributed by atoms with E-state index in [9.17, 15) is 0 Å². The molecule has 0 spiro atoms. The Morgan fingerprint density at radius 2 is 1.04 bits per heavy atom. The van der Waals surface area contributed by atoms with Gasteiger partial charge in [-0.2, -0.15) is 0 Å². The molecule has 0 aliphatic carbocycles. The van der Waals surface area contributed by atoms with E-state index in [1.54, 1.807) is 0 Å². The van der Waals surface area contributed by atoms with Crippen LogP contribution in [0.2, 0.25) is 5.02 Å². The Morgan fingerprint density at radius 1 is 0.565 bits per heavy atom. The van der Waals surface area contributed by atoms with Crippen LogP contribution in [0, 0.1) is 0 Å². The van der Waals surface area contributed by atoms with Crippen molar-refractivity contribution in [3.8, 4) is 11.5 Å². The molecule has 3 heteroatoms. The Hall–Kier alpha value is -2.45. The SMILES string of the molecule is Clc1ccc(COc2ccccc2OCc2ccccc2)cc1. The van der Waals surface area contributed by atoms with Gasteiger partial charge in [0.05, 0.1) is 0 Å². The van der Waals surface area contributed by atoms with E-state index in [0.29, 0.717) is 13.2 Å². The molecule has 3 rings (SSSR count). The van der Waals surface area contributed by atoms with Gasteiger partial charge in [0.15, 0.2) is 11.5 Å². The molecule has 0 aromatic heterocycles. The lowest BCUT2D eigenvalue weighted by Crippen LogP contribution is -2.00. The zero-order chi connectivity index (χ0) is 15.9. The van der Waals surface area contributed by atoms with Crippen LogP contribution in [0.4, 0.5) is 0 Å². The van der Waals surface area contributed by atoms with Crippen LogP contribution in [0.1, 0.15) is 11.1 Å². The Bertz CT molecular complexity index is 739. The predicted molar refractivity (Wildman–Crippen MR) is 93.0 cm³/mol. The minimum absolute atomic E-state index is 0.475. The van der Waals surface area contributed by atoms with E-state index >= 15 is 0 Å². The topological polar surface area (TPSA) is 18.5 Å². The van der Waals surface area contributed by atoms with Gasteiger partial charge in [-0.1, -0.05) is 66.2 Å². The third-order valence-corrected chi connectivity index (χ3v) is 3.65. The summed E-state index contributed by atoms with van der Waals surface area (Å²) in [6.07, 6.45) is 0. The summed E-state index contributed by atoms with van der Waals surface area (Å²) in [5.41, 5.74) is 2.19. The summed E-state index contributed by atoms with van der Waals surface area (Å²) in [6, 6.07) is 25.4. The van der Waals surface area contributed by atoms with Gasteiger partial charge in [0.2, 0.25) is 0 Å². The highest BCUT2D eigenvalue weighted by molar-refractivity contribution is 6.30. The van der Waals surface area contributed by atoms with Crippen LogP contribution in [0.3, 0.4) is 0 Å². The zero-order valence-electron chi connectivity index (χ0n) is 12.6. The minimum Gasteiger partial charge on any atom is -0.485 e. The van der Waals surface area contributed by atoms with Gasteiger partial charge < -0.3 is 9.47 Å². The largest absolute Gasteiger partial charge is 0.485 e. The van der Waals surface area contributed by atoms with Gasteiger partial charge in [-0.15, -0.1) is 0 Å². The molecule has 3 aromatic rings. The zero-order valence-corrected chi connectivity index (χ0v) is 13.4. The van der Waals surface area contributed by atoms with Gasteiger partial charge in [-0.3, -0.25) is 0 Å². The molecule has 23 heavy (non-hydrogen) atoms. The second-order valence-corrected chi connectivity index (χ2v) is 5.57. The first-order valence-corrected chi connectivity index (χ1v) is 7.82. The van der Waals surface area contributed by atoms with Crippen LogP contribution < -0.4 is 9.47 Å². The molecular formula is C20H17ClO2. The van der Waals surface area contributed by atoms with E-state index in [4.69, 9.17) is 21.1 Å². The molecule has 0 fully saturated rings. The standard InChI is InChI=1S/C20H17ClO2/c21-18-12-10-17(11-13-18)15-23-20-9-5-4-8-19(20)22-14-16-6-2-1-3-7-16/h1-13H,14-15H2. The van der Waals surface area contributed by atoms with Crippen molar-refractivity contribution in [2.45, 2.75) is 13.2 Å². The lowest BCUT2D eigenvalue weighted by atomic mass is 10.2. The van der Waals surface area contributed by atoms with Crippen molar-refractivity contribution in [2.24, 2.45) is 0 Å². The molecule has 0 N–H and O–H groups in total. The Balaban J connectivity index is 1.64. The molecule has 0 aliphatic heterocycles. The second-order valence-electron chi connectivity index (χ2n) is 5.14. The summed E-state index contributed by atoms with van der Waals surface area (Å²) in [5.74, 6) is 1.48. The summed E-state index contributed by atoms with van der Waals surface area (Å²) in [5, 5.41) is 0.723. The van der Waals surface area contributed by atoms with Gasteiger partial charge >= 0.3 is 0 Å². The van der Waals surface area contributed by atoms with Crippen LogP contribution in [0.25, 0.3) is 0 Å². The second kappa shape index (κ2) is 7.70. The summed E-state index contributed by atoms with van der Waals surface area (Å²) in [4.78, 5) is 0. The van der Waals surface area contributed by atoms with Gasteiger partial charge in [0, 0.05) is 5.02 Å². The van der Waals surface area contributed by atoms with E-state index in [1.165, 1.54) is 0 Å². The number of ether oxygens (including phenoxy) is 2. The first kappa shape index (κ1) is 15.4. The fourth-order valence-corrected chi connectivity index (χ4v) is 2.29. The molecule has 0 saturated heterocycles. The highest BCUT2D eigenvalue weighted by atomic mass is 35.5. The third kappa shape index (κ3) is 4.51. The van der Waals surface area contributed by atoms with Crippen molar-refractivity contribution in [1.82, 2.24) is 0 Å². The van der Waals surface area contributed by atoms with Crippen LogP contribution in [-0.2, 0) is 13.2 Å². The molecule has 116 valence electrons. The Kier molecular flexibility index (Phi) is 5.17. The summed E-state index contributed by atoms with van der Waals surface area (Å²) >= 11 is 5.89. The maximum absolute atomic E-state index is 5.89. The van der Waals surface area contributed by atoms with Crippen LogP contribution in [0.15, 0.2) is 78.9 Å². The number of hydrogen-bond acceptors (Lipinski definition) is 2. The average Bonchev–Trinajstić information content (AvgIpc) is 2.61. The Morgan fingerprint density at radius 3 is 1.61 bits per heavy atom. The quantitative estimate of drug-likeness (QED) is 0.596. The molecule has 0 radical (unpaired) electrons. The number of halogens is 1. The highest BCUT2D eigenvalue weighted by Crippen LogP contribution is 2.28. The molecule has 3 aromatic carbocycles. The van der Waals surface area contributed by atoms with Gasteiger partial charge in [0.25, 0.3) is 0 Å². The normalized spacial score (nSPS) is 10.3. The van der Waals surface area contributed by atoms with E-state index in [1.807, 2.05) is 78.9 Å². The number of rotatable bonds is 6. The van der Waals surface area contributed by atoms with Crippen LogP contribution >= 0.6 is 11.6 Å². The number of para-hydroxylation sites is 2. The fourth-order valence-electron chi connectivity index (χ4n) is 2.17. The maximum Gasteiger partial charge on any atom is 0.161 e. The number of hydrogen-bond donors (Lipinski definition) is 0. The fraction of sp³-hybridized carbons (Fsp3) is 0.100. The first-order valence-electron chi connectivity index (χ1n) is 7.44. The van der Waals surface area contributed by atoms with Crippen molar-refractivity contribution >= 4 is 11.6 Å². The van der Waals surface area contributed by atoms with Gasteiger partial charge in [-0.25, -0.2) is 0 Å².